The number of carbonyl (C=O) groups excluding carboxylic acids is 2. The molecule has 2 aliphatic rings. The van der Waals surface area contributed by atoms with Gasteiger partial charge in [-0.25, -0.2) is 0 Å². The van der Waals surface area contributed by atoms with E-state index in [0.29, 0.717) is 24.3 Å². The van der Waals surface area contributed by atoms with Crippen LogP contribution in [0.2, 0.25) is 0 Å². The van der Waals surface area contributed by atoms with Crippen LogP contribution in [0.15, 0.2) is 54.6 Å². The molecule has 158 valence electrons. The van der Waals surface area contributed by atoms with Gasteiger partial charge < -0.3 is 14.4 Å². The Kier molecular flexibility index (Phi) is 6.18. The molecule has 2 fully saturated rings. The van der Waals surface area contributed by atoms with E-state index in [2.05, 4.69) is 11.9 Å². The molecule has 3 atom stereocenters. The van der Waals surface area contributed by atoms with Gasteiger partial charge in [-0.2, -0.15) is 0 Å². The summed E-state index contributed by atoms with van der Waals surface area (Å²) in [6.45, 7) is 1.38. The lowest BCUT2D eigenvalue weighted by Crippen LogP contribution is -2.43. The number of carbonyl (C=O) groups is 2. The summed E-state index contributed by atoms with van der Waals surface area (Å²) in [6, 6.07) is 18.2. The molecule has 0 aromatic heterocycles. The van der Waals surface area contributed by atoms with E-state index in [1.165, 1.54) is 19.8 Å². The van der Waals surface area contributed by atoms with E-state index in [-0.39, 0.29) is 24.0 Å². The number of hydrogen-bond acceptors (Lipinski definition) is 5. The van der Waals surface area contributed by atoms with Gasteiger partial charge in [-0.1, -0.05) is 42.5 Å². The van der Waals surface area contributed by atoms with Gasteiger partial charge in [0.15, 0.2) is 0 Å². The first kappa shape index (κ1) is 20.6. The summed E-state index contributed by atoms with van der Waals surface area (Å²) in [5.74, 6) is -0.352. The fourth-order valence-corrected chi connectivity index (χ4v) is 4.82. The second-order valence-electron chi connectivity index (χ2n) is 8.49. The van der Waals surface area contributed by atoms with Gasteiger partial charge >= 0.3 is 11.9 Å². The smallest absolute Gasteiger partial charge is 0.314 e. The van der Waals surface area contributed by atoms with Crippen LogP contribution in [-0.2, 0) is 20.7 Å². The third kappa shape index (κ3) is 4.73. The third-order valence-electron chi connectivity index (χ3n) is 6.45. The van der Waals surface area contributed by atoms with Crippen molar-refractivity contribution in [1.29, 1.82) is 0 Å². The van der Waals surface area contributed by atoms with Crippen molar-refractivity contribution >= 4 is 11.9 Å². The molecule has 0 radical (unpaired) electrons. The minimum absolute atomic E-state index is 0.00348. The second kappa shape index (κ2) is 9.00. The van der Waals surface area contributed by atoms with E-state index in [0.717, 1.165) is 24.0 Å². The molecule has 2 aromatic rings. The average molecular weight is 408 g/mol. The minimum Gasteiger partial charge on any atom is -0.462 e. The van der Waals surface area contributed by atoms with Crippen LogP contribution in [0.3, 0.4) is 0 Å². The van der Waals surface area contributed by atoms with Gasteiger partial charge in [0.25, 0.3) is 0 Å². The third-order valence-corrected chi connectivity index (χ3v) is 6.45. The Bertz CT molecular complexity index is 866. The number of rotatable bonds is 6. The molecule has 2 aromatic carbocycles. The van der Waals surface area contributed by atoms with E-state index >= 15 is 0 Å². The maximum absolute atomic E-state index is 13.2. The number of nitrogens with zero attached hydrogens (tertiary/aromatic N) is 1. The van der Waals surface area contributed by atoms with Crippen LogP contribution in [0.25, 0.3) is 0 Å². The first-order valence-corrected chi connectivity index (χ1v) is 10.7. The summed E-state index contributed by atoms with van der Waals surface area (Å²) in [4.78, 5) is 26.8. The Morgan fingerprint density at radius 3 is 2.23 bits per heavy atom. The topological polar surface area (TPSA) is 55.8 Å². The van der Waals surface area contributed by atoms with E-state index in [1.807, 2.05) is 42.5 Å². The quantitative estimate of drug-likeness (QED) is 0.533. The fourth-order valence-electron chi connectivity index (χ4n) is 4.82. The standard InChI is InChI=1S/C25H29NO4/c1-17(27)29-22-12-8-18(9-13-22)14-24(19-6-4-3-5-7-19)25(28)30-23-15-20-10-11-21(16-23)26(20)2/h3-9,12-13,20-21,23-24H,10-11,14-16H2,1-2H3. The van der Waals surface area contributed by atoms with Crippen molar-refractivity contribution in [3.05, 3.63) is 65.7 Å². The highest BCUT2D eigenvalue weighted by Crippen LogP contribution is 2.36. The van der Waals surface area contributed by atoms with Gasteiger partial charge in [-0.15, -0.1) is 0 Å². The molecule has 3 unspecified atom stereocenters. The van der Waals surface area contributed by atoms with Crippen LogP contribution >= 0.6 is 0 Å². The summed E-state index contributed by atoms with van der Waals surface area (Å²) in [5.41, 5.74) is 1.96. The van der Waals surface area contributed by atoms with Crippen LogP contribution in [0.1, 0.15) is 49.7 Å². The van der Waals surface area contributed by atoms with E-state index in [1.54, 1.807) is 12.1 Å². The molecule has 4 rings (SSSR count). The van der Waals surface area contributed by atoms with Crippen molar-refractivity contribution in [2.75, 3.05) is 7.05 Å². The zero-order chi connectivity index (χ0) is 21.1. The summed E-state index contributed by atoms with van der Waals surface area (Å²) in [5, 5.41) is 0. The van der Waals surface area contributed by atoms with Crippen molar-refractivity contribution in [2.24, 2.45) is 0 Å². The summed E-state index contributed by atoms with van der Waals surface area (Å²) < 4.78 is 11.2. The number of fused-ring (bicyclic) bond motifs is 2. The molecule has 5 nitrogen and oxygen atoms in total. The van der Waals surface area contributed by atoms with Gasteiger partial charge in [0.2, 0.25) is 0 Å². The molecule has 2 aliphatic heterocycles. The predicted octanol–water partition coefficient (Wildman–Crippen LogP) is 4.11. The maximum atomic E-state index is 13.2. The van der Waals surface area contributed by atoms with Gasteiger partial charge in [0.1, 0.15) is 11.9 Å². The predicted molar refractivity (Wildman–Crippen MR) is 114 cm³/mol. The highest BCUT2D eigenvalue weighted by molar-refractivity contribution is 5.79. The Hall–Kier alpha value is -2.66. The minimum atomic E-state index is -0.358. The second-order valence-corrected chi connectivity index (χ2v) is 8.49. The number of hydrogen-bond donors (Lipinski definition) is 0. The van der Waals surface area contributed by atoms with E-state index in [9.17, 15) is 9.59 Å². The Morgan fingerprint density at radius 1 is 1.00 bits per heavy atom. The lowest BCUT2D eigenvalue weighted by molar-refractivity contribution is -0.154. The van der Waals surface area contributed by atoms with E-state index < -0.39 is 0 Å². The largest absolute Gasteiger partial charge is 0.462 e. The molecule has 30 heavy (non-hydrogen) atoms. The number of benzene rings is 2. The lowest BCUT2D eigenvalue weighted by atomic mass is 9.91. The molecule has 2 saturated heterocycles. The molecule has 2 heterocycles. The Morgan fingerprint density at radius 2 is 1.63 bits per heavy atom. The Balaban J connectivity index is 1.47. The normalized spacial score (nSPS) is 24.3. The summed E-state index contributed by atoms with van der Waals surface area (Å²) >= 11 is 0. The molecular formula is C25H29NO4. The molecule has 2 bridgehead atoms. The van der Waals surface area contributed by atoms with Gasteiger partial charge in [0.05, 0.1) is 5.92 Å². The van der Waals surface area contributed by atoms with Crippen LogP contribution < -0.4 is 4.74 Å². The fraction of sp³-hybridized carbons (Fsp3) is 0.440. The van der Waals surface area contributed by atoms with Crippen molar-refractivity contribution in [2.45, 2.75) is 63.1 Å². The number of ether oxygens (including phenoxy) is 2. The first-order valence-electron chi connectivity index (χ1n) is 10.7. The lowest BCUT2D eigenvalue weighted by Gasteiger charge is -2.36. The Labute approximate surface area is 178 Å². The van der Waals surface area contributed by atoms with Gasteiger partial charge in [-0.05, 0) is 62.4 Å². The monoisotopic (exact) mass is 407 g/mol. The van der Waals surface area contributed by atoms with Crippen LogP contribution in [0.4, 0.5) is 0 Å². The molecular weight excluding hydrogens is 378 g/mol. The highest BCUT2D eigenvalue weighted by atomic mass is 16.5. The molecule has 0 saturated carbocycles. The van der Waals surface area contributed by atoms with Crippen molar-refractivity contribution in [3.8, 4) is 5.75 Å². The maximum Gasteiger partial charge on any atom is 0.314 e. The zero-order valence-corrected chi connectivity index (χ0v) is 17.6. The van der Waals surface area contributed by atoms with Crippen molar-refractivity contribution < 1.29 is 19.1 Å². The molecule has 0 spiro atoms. The molecule has 0 amide bonds. The average Bonchev–Trinajstić information content (AvgIpc) is 2.94. The molecule has 0 aliphatic carbocycles. The van der Waals surface area contributed by atoms with Gasteiger partial charge in [-0.3, -0.25) is 9.59 Å². The van der Waals surface area contributed by atoms with Crippen molar-refractivity contribution in [3.63, 3.8) is 0 Å². The summed E-state index contributed by atoms with van der Waals surface area (Å²) in [7, 11) is 2.19. The van der Waals surface area contributed by atoms with E-state index in [4.69, 9.17) is 9.47 Å². The highest BCUT2D eigenvalue weighted by Gasteiger charge is 2.40. The first-order chi connectivity index (χ1) is 14.5. The number of esters is 2. The van der Waals surface area contributed by atoms with Gasteiger partial charge in [0, 0.05) is 19.0 Å². The number of piperidine rings is 1. The summed E-state index contributed by atoms with van der Waals surface area (Å²) in [6.07, 6.45) is 4.80. The van der Waals surface area contributed by atoms with Crippen LogP contribution in [0, 0.1) is 0 Å². The molecule has 5 heteroatoms. The van der Waals surface area contributed by atoms with Crippen LogP contribution in [0.5, 0.6) is 5.75 Å². The van der Waals surface area contributed by atoms with Crippen molar-refractivity contribution in [1.82, 2.24) is 4.90 Å². The van der Waals surface area contributed by atoms with Crippen LogP contribution in [-0.4, -0.2) is 42.1 Å². The SMILES string of the molecule is CC(=O)Oc1ccc(CC(C(=O)OC2CC3CCC(C2)N3C)c2ccccc2)cc1. The molecule has 0 N–H and O–H groups in total. The zero-order valence-electron chi connectivity index (χ0n) is 17.6.